The van der Waals surface area contributed by atoms with Crippen LogP contribution in [0.5, 0.6) is 5.75 Å². The number of aromatic nitrogens is 1. The van der Waals surface area contributed by atoms with Crippen LogP contribution in [0.2, 0.25) is 0 Å². The molecule has 2 saturated heterocycles. The zero-order chi connectivity index (χ0) is 25.6. The molecule has 1 aromatic heterocycles. The number of aromatic hydroxyl groups is 1. The molecule has 186 valence electrons. The van der Waals surface area contributed by atoms with E-state index in [1.807, 2.05) is 9.80 Å². The number of phenols is 1. The summed E-state index contributed by atoms with van der Waals surface area (Å²) >= 11 is 0. The Kier molecular flexibility index (Phi) is 5.74. The number of likely N-dealkylation sites (tertiary alicyclic amines) is 1. The number of carbonyl (C=O) groups is 2. The van der Waals surface area contributed by atoms with Crippen LogP contribution in [0.25, 0.3) is 10.8 Å². The van der Waals surface area contributed by atoms with Gasteiger partial charge in [0.05, 0.1) is 16.1 Å². The molecule has 2 aliphatic rings. The van der Waals surface area contributed by atoms with Crippen molar-refractivity contribution in [2.45, 2.75) is 19.8 Å². The quantitative estimate of drug-likeness (QED) is 0.425. The normalized spacial score (nSPS) is 19.3. The number of nitro benzene ring substituents is 1. The predicted octanol–water partition coefficient (Wildman–Crippen LogP) is 3.26. The summed E-state index contributed by atoms with van der Waals surface area (Å²) in [5.74, 6) is -0.377. The molecule has 1 spiro atoms. The minimum absolute atomic E-state index is 0.0818. The Balaban J connectivity index is 1.42. The van der Waals surface area contributed by atoms with E-state index in [-0.39, 0.29) is 34.2 Å². The summed E-state index contributed by atoms with van der Waals surface area (Å²) in [6.07, 6.45) is 4.70. The number of amides is 2. The molecule has 0 aliphatic carbocycles. The molecular formula is C26H27N5O5. The van der Waals surface area contributed by atoms with Crippen LogP contribution in [-0.2, 0) is 0 Å². The second-order valence-electron chi connectivity index (χ2n) is 9.76. The second kappa shape index (κ2) is 8.78. The molecule has 3 heterocycles. The highest BCUT2D eigenvalue weighted by Gasteiger charge is 2.46. The van der Waals surface area contributed by atoms with Crippen LogP contribution in [-0.4, -0.2) is 65.0 Å². The van der Waals surface area contributed by atoms with Crippen molar-refractivity contribution in [3.8, 4) is 5.75 Å². The molecule has 2 aliphatic heterocycles. The van der Waals surface area contributed by atoms with Crippen LogP contribution in [0, 0.1) is 22.5 Å². The van der Waals surface area contributed by atoms with Gasteiger partial charge in [-0.2, -0.15) is 0 Å². The lowest BCUT2D eigenvalue weighted by molar-refractivity contribution is -0.384. The van der Waals surface area contributed by atoms with Gasteiger partial charge < -0.3 is 20.2 Å². The Hall–Kier alpha value is -4.21. The van der Waals surface area contributed by atoms with E-state index in [2.05, 4.69) is 10.3 Å². The van der Waals surface area contributed by atoms with E-state index in [0.717, 1.165) is 18.2 Å². The Morgan fingerprint density at radius 1 is 1.11 bits per heavy atom. The van der Waals surface area contributed by atoms with Gasteiger partial charge in [0, 0.05) is 62.5 Å². The Morgan fingerprint density at radius 2 is 1.89 bits per heavy atom. The SMILES string of the molecule is CNC(=O)c1cc(C)cc([N+](=O)[O-])c1N1CC[C@]2(CCN(C(=O)c3cncc4cc(O)ccc34)C2)C1. The molecule has 5 rings (SSSR count). The lowest BCUT2D eigenvalue weighted by Crippen LogP contribution is -2.34. The van der Waals surface area contributed by atoms with Crippen LogP contribution in [0.15, 0.2) is 42.7 Å². The smallest absolute Gasteiger partial charge is 0.293 e. The van der Waals surface area contributed by atoms with Crippen molar-refractivity contribution in [3.05, 3.63) is 69.5 Å². The average Bonchev–Trinajstić information content (AvgIpc) is 3.48. The predicted molar refractivity (Wildman–Crippen MR) is 134 cm³/mol. The number of nitro groups is 1. The number of hydrogen-bond donors (Lipinski definition) is 2. The highest BCUT2D eigenvalue weighted by atomic mass is 16.6. The molecule has 10 nitrogen and oxygen atoms in total. The zero-order valence-corrected chi connectivity index (χ0v) is 20.2. The van der Waals surface area contributed by atoms with Gasteiger partial charge in [-0.15, -0.1) is 0 Å². The molecule has 0 radical (unpaired) electrons. The molecule has 36 heavy (non-hydrogen) atoms. The number of hydrogen-bond acceptors (Lipinski definition) is 7. The molecule has 2 amide bonds. The maximum atomic E-state index is 13.5. The summed E-state index contributed by atoms with van der Waals surface area (Å²) < 4.78 is 0. The third kappa shape index (κ3) is 3.98. The number of anilines is 1. The third-order valence-electron chi connectivity index (χ3n) is 7.36. The van der Waals surface area contributed by atoms with Crippen molar-refractivity contribution < 1.29 is 19.6 Å². The number of carbonyl (C=O) groups excluding carboxylic acids is 2. The molecule has 0 saturated carbocycles. The highest BCUT2D eigenvalue weighted by Crippen LogP contribution is 2.45. The number of benzene rings is 2. The number of rotatable bonds is 4. The Morgan fingerprint density at radius 3 is 2.64 bits per heavy atom. The van der Waals surface area contributed by atoms with Crippen LogP contribution < -0.4 is 10.2 Å². The first-order valence-corrected chi connectivity index (χ1v) is 11.8. The van der Waals surface area contributed by atoms with Crippen molar-refractivity contribution in [2.75, 3.05) is 38.1 Å². The summed E-state index contributed by atoms with van der Waals surface area (Å²) in [5, 5.41) is 25.7. The van der Waals surface area contributed by atoms with Gasteiger partial charge in [0.2, 0.25) is 0 Å². The Bertz CT molecular complexity index is 1410. The van der Waals surface area contributed by atoms with E-state index in [1.54, 1.807) is 43.6 Å². The number of pyridine rings is 1. The molecule has 0 bridgehead atoms. The van der Waals surface area contributed by atoms with Crippen molar-refractivity contribution in [1.29, 1.82) is 0 Å². The fraction of sp³-hybridized carbons (Fsp3) is 0.346. The van der Waals surface area contributed by atoms with Crippen molar-refractivity contribution >= 4 is 34.0 Å². The number of fused-ring (bicyclic) bond motifs is 1. The largest absolute Gasteiger partial charge is 0.508 e. The summed E-state index contributed by atoms with van der Waals surface area (Å²) in [4.78, 5) is 45.5. The van der Waals surface area contributed by atoms with Crippen LogP contribution in [0.1, 0.15) is 39.1 Å². The Labute approximate surface area is 207 Å². The zero-order valence-electron chi connectivity index (χ0n) is 20.2. The minimum atomic E-state index is -0.435. The average molecular weight is 490 g/mol. The summed E-state index contributed by atoms with van der Waals surface area (Å²) in [5.41, 5.74) is 1.46. The van der Waals surface area contributed by atoms with Gasteiger partial charge in [0.25, 0.3) is 17.5 Å². The van der Waals surface area contributed by atoms with E-state index in [0.29, 0.717) is 48.4 Å². The minimum Gasteiger partial charge on any atom is -0.508 e. The fourth-order valence-electron chi connectivity index (χ4n) is 5.61. The fourth-order valence-corrected chi connectivity index (χ4v) is 5.61. The maximum Gasteiger partial charge on any atom is 0.293 e. The van der Waals surface area contributed by atoms with Gasteiger partial charge in [-0.25, -0.2) is 0 Å². The molecule has 1 atom stereocenters. The van der Waals surface area contributed by atoms with Crippen molar-refractivity contribution in [1.82, 2.24) is 15.2 Å². The van der Waals surface area contributed by atoms with Crippen LogP contribution >= 0.6 is 0 Å². The number of phenolic OH excluding ortho intramolecular Hbond substituents is 1. The lowest BCUT2D eigenvalue weighted by Gasteiger charge is -2.26. The summed E-state index contributed by atoms with van der Waals surface area (Å²) in [6.45, 7) is 3.90. The standard InChI is InChI=1S/C26H27N5O5/c1-16-9-20(24(33)27-2)23(22(10-16)31(35)36)29-7-5-26(14-29)6-8-30(15-26)25(34)21-13-28-12-17-11-18(32)3-4-19(17)21/h3-4,9-13,32H,5-8,14-15H2,1-2H3,(H,27,33)/t26-/m0/s1. The van der Waals surface area contributed by atoms with E-state index >= 15 is 0 Å². The van der Waals surface area contributed by atoms with E-state index in [1.165, 1.54) is 13.1 Å². The highest BCUT2D eigenvalue weighted by molar-refractivity contribution is 6.07. The first-order chi connectivity index (χ1) is 17.2. The first kappa shape index (κ1) is 23.5. The number of nitrogens with one attached hydrogen (secondary N) is 1. The first-order valence-electron chi connectivity index (χ1n) is 11.8. The molecule has 10 heteroatoms. The van der Waals surface area contributed by atoms with E-state index in [9.17, 15) is 24.8 Å². The molecule has 2 aromatic carbocycles. The molecule has 2 N–H and O–H groups in total. The number of aryl methyl sites for hydroxylation is 1. The van der Waals surface area contributed by atoms with Crippen molar-refractivity contribution in [3.63, 3.8) is 0 Å². The van der Waals surface area contributed by atoms with Crippen LogP contribution in [0.3, 0.4) is 0 Å². The molecular weight excluding hydrogens is 462 g/mol. The summed E-state index contributed by atoms with van der Waals surface area (Å²) in [7, 11) is 1.51. The van der Waals surface area contributed by atoms with Gasteiger partial charge in [0.15, 0.2) is 0 Å². The molecule has 2 fully saturated rings. The van der Waals surface area contributed by atoms with E-state index < -0.39 is 4.92 Å². The number of nitrogens with zero attached hydrogens (tertiary/aromatic N) is 4. The van der Waals surface area contributed by atoms with Gasteiger partial charge in [-0.1, -0.05) is 0 Å². The van der Waals surface area contributed by atoms with Gasteiger partial charge in [-0.05, 0) is 55.0 Å². The maximum absolute atomic E-state index is 13.5. The second-order valence-corrected chi connectivity index (χ2v) is 9.76. The van der Waals surface area contributed by atoms with E-state index in [4.69, 9.17) is 0 Å². The van der Waals surface area contributed by atoms with Crippen LogP contribution in [0.4, 0.5) is 11.4 Å². The molecule has 3 aromatic rings. The van der Waals surface area contributed by atoms with Gasteiger partial charge in [0.1, 0.15) is 11.4 Å². The summed E-state index contributed by atoms with van der Waals surface area (Å²) in [6, 6.07) is 8.04. The topological polar surface area (TPSA) is 129 Å². The lowest BCUT2D eigenvalue weighted by atomic mass is 9.86. The van der Waals surface area contributed by atoms with Gasteiger partial charge in [-0.3, -0.25) is 24.7 Å². The van der Waals surface area contributed by atoms with Gasteiger partial charge >= 0.3 is 0 Å². The third-order valence-corrected chi connectivity index (χ3v) is 7.36. The monoisotopic (exact) mass is 489 g/mol. The van der Waals surface area contributed by atoms with Crippen molar-refractivity contribution in [2.24, 2.45) is 5.41 Å². The molecule has 0 unspecified atom stereocenters.